The topological polar surface area (TPSA) is 39.2 Å². The number of rotatable bonds is 3. The van der Waals surface area contributed by atoms with Gasteiger partial charge in [-0.3, -0.25) is 9.78 Å². The maximum Gasteiger partial charge on any atom is 0.181 e. The molecule has 0 saturated carbocycles. The van der Waals surface area contributed by atoms with E-state index in [1.54, 1.807) is 18.3 Å². The van der Waals surface area contributed by atoms with E-state index in [1.807, 2.05) is 30.3 Å². The highest BCUT2D eigenvalue weighted by molar-refractivity contribution is 7.15. The molecule has 0 fully saturated rings. The summed E-state index contributed by atoms with van der Waals surface area (Å²) in [6, 6.07) is 13.2. The van der Waals surface area contributed by atoms with Crippen LogP contribution in [0, 0.1) is 0 Å². The Kier molecular flexibility index (Phi) is 2.78. The number of fused-ring (bicyclic) bond motifs is 1. The first-order chi connectivity index (χ1) is 8.86. The van der Waals surface area contributed by atoms with Crippen LogP contribution in [0.5, 0.6) is 10.8 Å². The lowest BCUT2D eigenvalue weighted by atomic mass is 10.2. The second-order valence-corrected chi connectivity index (χ2v) is 4.79. The molecular formula is C14H9NO2S. The molecule has 4 heteroatoms. The first-order valence-electron chi connectivity index (χ1n) is 5.43. The number of aldehydes is 1. The van der Waals surface area contributed by atoms with Crippen LogP contribution >= 0.6 is 11.3 Å². The largest absolute Gasteiger partial charge is 0.444 e. The van der Waals surface area contributed by atoms with Crippen molar-refractivity contribution in [3.63, 3.8) is 0 Å². The average molecular weight is 255 g/mol. The summed E-state index contributed by atoms with van der Waals surface area (Å²) in [6.07, 6.45) is 2.55. The molecule has 18 heavy (non-hydrogen) atoms. The highest BCUT2D eigenvalue weighted by Gasteiger charge is 2.06. The zero-order chi connectivity index (χ0) is 12.4. The molecule has 0 N–H and O–H groups in total. The van der Waals surface area contributed by atoms with E-state index in [9.17, 15) is 4.79 Å². The normalized spacial score (nSPS) is 10.4. The van der Waals surface area contributed by atoms with Gasteiger partial charge in [0, 0.05) is 11.6 Å². The van der Waals surface area contributed by atoms with Gasteiger partial charge in [-0.2, -0.15) is 0 Å². The molecule has 0 unspecified atom stereocenters. The monoisotopic (exact) mass is 255 g/mol. The number of carbonyl (C=O) groups is 1. The lowest BCUT2D eigenvalue weighted by Gasteiger charge is -2.05. The minimum absolute atomic E-state index is 0.651. The lowest BCUT2D eigenvalue weighted by molar-refractivity contribution is 0.112. The molecule has 0 aliphatic heterocycles. The van der Waals surface area contributed by atoms with Gasteiger partial charge >= 0.3 is 0 Å². The molecule has 0 spiro atoms. The number of carbonyl (C=O) groups excluding carboxylic acids is 1. The van der Waals surface area contributed by atoms with E-state index in [0.717, 1.165) is 17.2 Å². The molecule has 0 radical (unpaired) electrons. The third kappa shape index (κ3) is 1.98. The molecule has 2 heterocycles. The number of ether oxygens (including phenoxy) is 1. The number of thiophene rings is 1. The minimum atomic E-state index is 0.651. The number of nitrogens with zero attached hydrogens (tertiary/aromatic N) is 1. The van der Waals surface area contributed by atoms with Crippen LogP contribution < -0.4 is 4.74 Å². The van der Waals surface area contributed by atoms with Gasteiger partial charge in [-0.15, -0.1) is 0 Å². The summed E-state index contributed by atoms with van der Waals surface area (Å²) in [5.74, 6) is 0.701. The van der Waals surface area contributed by atoms with E-state index < -0.39 is 0 Å². The van der Waals surface area contributed by atoms with Gasteiger partial charge in [-0.25, -0.2) is 0 Å². The molecular weight excluding hydrogens is 246 g/mol. The van der Waals surface area contributed by atoms with Crippen molar-refractivity contribution in [3.05, 3.63) is 53.5 Å². The van der Waals surface area contributed by atoms with Crippen molar-refractivity contribution >= 4 is 28.5 Å². The van der Waals surface area contributed by atoms with Crippen molar-refractivity contribution in [3.8, 4) is 10.8 Å². The summed E-state index contributed by atoms with van der Waals surface area (Å²) >= 11 is 1.32. The summed E-state index contributed by atoms with van der Waals surface area (Å²) in [5.41, 5.74) is 0.820. The highest BCUT2D eigenvalue weighted by Crippen LogP contribution is 2.32. The molecule has 1 aromatic carbocycles. The zero-order valence-electron chi connectivity index (χ0n) is 9.37. The van der Waals surface area contributed by atoms with Gasteiger partial charge in [-0.1, -0.05) is 29.5 Å². The van der Waals surface area contributed by atoms with E-state index >= 15 is 0 Å². The smallest absolute Gasteiger partial charge is 0.181 e. The maximum absolute atomic E-state index is 10.6. The van der Waals surface area contributed by atoms with Crippen LogP contribution in [-0.4, -0.2) is 11.3 Å². The Morgan fingerprint density at radius 3 is 2.83 bits per heavy atom. The number of para-hydroxylation sites is 1. The Labute approximate surface area is 108 Å². The minimum Gasteiger partial charge on any atom is -0.444 e. The van der Waals surface area contributed by atoms with Crippen molar-refractivity contribution in [2.45, 2.75) is 0 Å². The summed E-state index contributed by atoms with van der Waals surface area (Å²) in [7, 11) is 0. The van der Waals surface area contributed by atoms with E-state index in [2.05, 4.69) is 4.98 Å². The van der Waals surface area contributed by atoms with Crippen molar-refractivity contribution in [2.75, 3.05) is 0 Å². The standard InChI is InChI=1S/C14H9NO2S/c16-9-11-6-7-13(18-11)17-12-5-1-3-10-4-2-8-15-14(10)12/h1-9H. The zero-order valence-corrected chi connectivity index (χ0v) is 10.2. The summed E-state index contributed by atoms with van der Waals surface area (Å²) in [4.78, 5) is 15.6. The summed E-state index contributed by atoms with van der Waals surface area (Å²) in [6.45, 7) is 0. The maximum atomic E-state index is 10.6. The van der Waals surface area contributed by atoms with Gasteiger partial charge < -0.3 is 4.74 Å². The van der Waals surface area contributed by atoms with Crippen LogP contribution in [0.3, 0.4) is 0 Å². The van der Waals surface area contributed by atoms with Crippen molar-refractivity contribution < 1.29 is 9.53 Å². The number of hydrogen-bond donors (Lipinski definition) is 0. The molecule has 0 atom stereocenters. The molecule has 3 aromatic rings. The Balaban J connectivity index is 2.01. The fraction of sp³-hybridized carbons (Fsp3) is 0. The Bertz CT molecular complexity index is 700. The van der Waals surface area contributed by atoms with Crippen molar-refractivity contribution in [1.82, 2.24) is 4.98 Å². The van der Waals surface area contributed by atoms with Crippen LogP contribution in [0.2, 0.25) is 0 Å². The van der Waals surface area contributed by atoms with E-state index in [4.69, 9.17) is 4.74 Å². The van der Waals surface area contributed by atoms with Gasteiger partial charge in [0.05, 0.1) is 4.88 Å². The molecule has 3 rings (SSSR count). The number of benzene rings is 1. The van der Waals surface area contributed by atoms with E-state index in [0.29, 0.717) is 15.7 Å². The van der Waals surface area contributed by atoms with Crippen LogP contribution in [0.1, 0.15) is 9.67 Å². The fourth-order valence-electron chi connectivity index (χ4n) is 1.72. The van der Waals surface area contributed by atoms with Gasteiger partial charge in [0.25, 0.3) is 0 Å². The SMILES string of the molecule is O=Cc1ccc(Oc2cccc3cccnc23)s1. The Hall–Kier alpha value is -2.20. The molecule has 2 aromatic heterocycles. The highest BCUT2D eigenvalue weighted by atomic mass is 32.1. The fourth-order valence-corrected chi connectivity index (χ4v) is 2.40. The molecule has 0 saturated heterocycles. The van der Waals surface area contributed by atoms with Gasteiger partial charge in [-0.05, 0) is 24.3 Å². The third-order valence-electron chi connectivity index (χ3n) is 2.52. The third-order valence-corrected chi connectivity index (χ3v) is 3.41. The summed E-state index contributed by atoms with van der Waals surface area (Å²) in [5, 5.41) is 1.72. The first kappa shape index (κ1) is 10.9. The number of pyridine rings is 1. The second kappa shape index (κ2) is 4.58. The Morgan fingerprint density at radius 2 is 2.00 bits per heavy atom. The molecule has 3 nitrogen and oxygen atoms in total. The molecule has 0 aliphatic rings. The number of hydrogen-bond acceptors (Lipinski definition) is 4. The summed E-state index contributed by atoms with van der Waals surface area (Å²) < 4.78 is 5.77. The van der Waals surface area contributed by atoms with Crippen LogP contribution in [0.15, 0.2) is 48.7 Å². The second-order valence-electron chi connectivity index (χ2n) is 3.71. The van der Waals surface area contributed by atoms with E-state index in [-0.39, 0.29) is 0 Å². The predicted octanol–water partition coefficient (Wildman–Crippen LogP) is 3.90. The quantitative estimate of drug-likeness (QED) is 0.666. The van der Waals surface area contributed by atoms with Gasteiger partial charge in [0.15, 0.2) is 17.1 Å². The van der Waals surface area contributed by atoms with Crippen molar-refractivity contribution in [1.29, 1.82) is 0 Å². The molecule has 0 aliphatic carbocycles. The Morgan fingerprint density at radius 1 is 1.11 bits per heavy atom. The van der Waals surface area contributed by atoms with Crippen LogP contribution in [0.4, 0.5) is 0 Å². The van der Waals surface area contributed by atoms with Crippen LogP contribution in [-0.2, 0) is 0 Å². The lowest BCUT2D eigenvalue weighted by Crippen LogP contribution is -1.85. The molecule has 0 amide bonds. The van der Waals surface area contributed by atoms with Crippen LogP contribution in [0.25, 0.3) is 10.9 Å². The average Bonchev–Trinajstić information content (AvgIpc) is 2.87. The first-order valence-corrected chi connectivity index (χ1v) is 6.25. The van der Waals surface area contributed by atoms with E-state index in [1.165, 1.54) is 11.3 Å². The molecule has 88 valence electrons. The number of aromatic nitrogens is 1. The van der Waals surface area contributed by atoms with Gasteiger partial charge in [0.2, 0.25) is 0 Å². The van der Waals surface area contributed by atoms with Gasteiger partial charge in [0.1, 0.15) is 5.52 Å². The predicted molar refractivity (Wildman–Crippen MR) is 71.5 cm³/mol. The van der Waals surface area contributed by atoms with Crippen molar-refractivity contribution in [2.24, 2.45) is 0 Å². The molecule has 0 bridgehead atoms.